The second-order valence-electron chi connectivity index (χ2n) is 4.64. The van der Waals surface area contributed by atoms with Crippen LogP contribution in [-0.2, 0) is 6.42 Å². The van der Waals surface area contributed by atoms with E-state index in [2.05, 4.69) is 0 Å². The van der Waals surface area contributed by atoms with Gasteiger partial charge in [0.05, 0.1) is 0 Å². The molecule has 4 nitrogen and oxygen atoms in total. The molecule has 1 heterocycles. The average Bonchev–Trinajstić information content (AvgIpc) is 3.01. The number of hydrogen-bond donors (Lipinski definition) is 2. The molecule has 0 atom stereocenters. The first-order valence-corrected chi connectivity index (χ1v) is 5.57. The Kier molecular flexibility index (Phi) is 2.01. The Morgan fingerprint density at radius 3 is 2.75 bits per heavy atom. The van der Waals surface area contributed by atoms with E-state index in [0.717, 1.165) is 18.4 Å². The Balaban J connectivity index is 1.94. The van der Waals surface area contributed by atoms with Gasteiger partial charge in [-0.05, 0) is 30.9 Å². The molecule has 0 unspecified atom stereocenters. The van der Waals surface area contributed by atoms with Gasteiger partial charge in [0, 0.05) is 5.54 Å². The van der Waals surface area contributed by atoms with Gasteiger partial charge in [-0.25, -0.2) is 0 Å². The van der Waals surface area contributed by atoms with Gasteiger partial charge in [-0.15, -0.1) is 0 Å². The molecule has 16 heavy (non-hydrogen) atoms. The number of ether oxygens (including phenoxy) is 2. The van der Waals surface area contributed by atoms with Gasteiger partial charge in [-0.3, -0.25) is 0 Å². The van der Waals surface area contributed by atoms with Crippen molar-refractivity contribution in [2.24, 2.45) is 5.73 Å². The first kappa shape index (κ1) is 9.78. The van der Waals surface area contributed by atoms with Crippen LogP contribution in [0.2, 0.25) is 0 Å². The summed E-state index contributed by atoms with van der Waals surface area (Å²) in [6.45, 7) is 1.02. The van der Waals surface area contributed by atoms with Crippen LogP contribution >= 0.6 is 0 Å². The third-order valence-electron chi connectivity index (χ3n) is 3.20. The van der Waals surface area contributed by atoms with Crippen molar-refractivity contribution in [1.29, 1.82) is 0 Å². The second-order valence-corrected chi connectivity index (χ2v) is 4.64. The number of phenolic OH excluding ortho intramolecular Hbond substituents is 1. The summed E-state index contributed by atoms with van der Waals surface area (Å²) in [5.74, 6) is 1.27. The van der Waals surface area contributed by atoms with Crippen molar-refractivity contribution in [3.63, 3.8) is 0 Å². The highest BCUT2D eigenvalue weighted by atomic mass is 16.6. The lowest BCUT2D eigenvalue weighted by Gasteiger charge is -2.21. The number of aromatic hydroxyl groups is 1. The molecular weight excluding hydrogens is 206 g/mol. The van der Waals surface area contributed by atoms with Gasteiger partial charge in [0.15, 0.2) is 11.5 Å². The van der Waals surface area contributed by atoms with E-state index < -0.39 is 0 Å². The van der Waals surface area contributed by atoms with E-state index in [-0.39, 0.29) is 11.3 Å². The van der Waals surface area contributed by atoms with Crippen LogP contribution in [0.25, 0.3) is 0 Å². The molecule has 0 aromatic heterocycles. The van der Waals surface area contributed by atoms with Crippen LogP contribution < -0.4 is 15.2 Å². The van der Waals surface area contributed by atoms with E-state index >= 15 is 0 Å². The van der Waals surface area contributed by atoms with Crippen LogP contribution in [0.5, 0.6) is 17.2 Å². The summed E-state index contributed by atoms with van der Waals surface area (Å²) in [5.41, 5.74) is 6.78. The largest absolute Gasteiger partial charge is 0.504 e. The molecule has 1 aromatic carbocycles. The highest BCUT2D eigenvalue weighted by Crippen LogP contribution is 2.44. The van der Waals surface area contributed by atoms with Gasteiger partial charge < -0.3 is 20.3 Å². The number of rotatable bonds is 2. The van der Waals surface area contributed by atoms with Crippen LogP contribution in [0.3, 0.4) is 0 Å². The van der Waals surface area contributed by atoms with Gasteiger partial charge in [0.1, 0.15) is 13.2 Å². The van der Waals surface area contributed by atoms with E-state index in [9.17, 15) is 5.11 Å². The fourth-order valence-electron chi connectivity index (χ4n) is 2.00. The van der Waals surface area contributed by atoms with Gasteiger partial charge >= 0.3 is 0 Å². The molecule has 0 spiro atoms. The Hall–Kier alpha value is -1.42. The van der Waals surface area contributed by atoms with E-state index in [0.29, 0.717) is 31.1 Å². The molecule has 1 saturated carbocycles. The lowest BCUT2D eigenvalue weighted by molar-refractivity contribution is 0.165. The monoisotopic (exact) mass is 221 g/mol. The highest BCUT2D eigenvalue weighted by Gasteiger charge is 2.39. The number of fused-ring (bicyclic) bond motifs is 1. The van der Waals surface area contributed by atoms with Gasteiger partial charge in [-0.2, -0.15) is 0 Å². The molecule has 1 fully saturated rings. The minimum absolute atomic E-state index is 0.110. The zero-order valence-corrected chi connectivity index (χ0v) is 9.03. The minimum atomic E-state index is -0.110. The maximum absolute atomic E-state index is 10.1. The summed E-state index contributed by atoms with van der Waals surface area (Å²) in [7, 11) is 0. The van der Waals surface area contributed by atoms with Crippen molar-refractivity contribution in [2.45, 2.75) is 24.8 Å². The summed E-state index contributed by atoms with van der Waals surface area (Å²) in [5, 5.41) is 10.1. The summed E-state index contributed by atoms with van der Waals surface area (Å²) >= 11 is 0. The van der Waals surface area contributed by atoms with Crippen molar-refractivity contribution in [1.82, 2.24) is 0 Å². The molecule has 1 aliphatic carbocycles. The molecular formula is C12H15NO3. The Morgan fingerprint density at radius 2 is 2.00 bits per heavy atom. The maximum Gasteiger partial charge on any atom is 0.203 e. The Morgan fingerprint density at radius 1 is 1.25 bits per heavy atom. The standard InChI is InChI=1S/C12H15NO3/c13-12(3-4-12)7-8-1-2-9-11(10(8)14)16-6-5-15-9/h1-2,14H,3-7,13H2. The number of nitrogens with two attached hydrogens (primary N) is 1. The predicted molar refractivity (Wildman–Crippen MR) is 59.0 cm³/mol. The second kappa shape index (κ2) is 3.28. The van der Waals surface area contributed by atoms with E-state index in [1.807, 2.05) is 12.1 Å². The topological polar surface area (TPSA) is 64.7 Å². The van der Waals surface area contributed by atoms with Gasteiger partial charge in [0.2, 0.25) is 5.75 Å². The van der Waals surface area contributed by atoms with Crippen molar-refractivity contribution < 1.29 is 14.6 Å². The molecule has 3 N–H and O–H groups in total. The lowest BCUT2D eigenvalue weighted by Crippen LogP contribution is -2.24. The molecule has 3 rings (SSSR count). The average molecular weight is 221 g/mol. The molecule has 2 aliphatic rings. The quantitative estimate of drug-likeness (QED) is 0.787. The molecule has 0 radical (unpaired) electrons. The fourth-order valence-corrected chi connectivity index (χ4v) is 2.00. The molecule has 86 valence electrons. The number of phenols is 1. The fraction of sp³-hybridized carbons (Fsp3) is 0.500. The number of benzene rings is 1. The van der Waals surface area contributed by atoms with Crippen molar-refractivity contribution in [2.75, 3.05) is 13.2 Å². The Bertz CT molecular complexity index is 427. The summed E-state index contributed by atoms with van der Waals surface area (Å²) < 4.78 is 10.8. The smallest absolute Gasteiger partial charge is 0.203 e. The zero-order valence-electron chi connectivity index (χ0n) is 9.03. The SMILES string of the molecule is NC1(Cc2ccc3c(c2O)OCCO3)CC1. The third-order valence-corrected chi connectivity index (χ3v) is 3.20. The normalized spacial score (nSPS) is 20.6. The van der Waals surface area contributed by atoms with Crippen LogP contribution in [0, 0.1) is 0 Å². The van der Waals surface area contributed by atoms with Crippen molar-refractivity contribution in [3.05, 3.63) is 17.7 Å². The van der Waals surface area contributed by atoms with Crippen LogP contribution in [0.4, 0.5) is 0 Å². The molecule has 4 heteroatoms. The maximum atomic E-state index is 10.1. The molecule has 1 aromatic rings. The molecule has 0 bridgehead atoms. The summed E-state index contributed by atoms with van der Waals surface area (Å²) in [6, 6.07) is 3.71. The van der Waals surface area contributed by atoms with E-state index in [1.165, 1.54) is 0 Å². The summed E-state index contributed by atoms with van der Waals surface area (Å²) in [4.78, 5) is 0. The van der Waals surface area contributed by atoms with Crippen LogP contribution in [0.15, 0.2) is 12.1 Å². The van der Waals surface area contributed by atoms with Gasteiger partial charge in [0.25, 0.3) is 0 Å². The minimum Gasteiger partial charge on any atom is -0.504 e. The third kappa shape index (κ3) is 1.59. The highest BCUT2D eigenvalue weighted by molar-refractivity contribution is 5.56. The Labute approximate surface area is 94.0 Å². The van der Waals surface area contributed by atoms with Crippen molar-refractivity contribution >= 4 is 0 Å². The molecule has 1 aliphatic heterocycles. The van der Waals surface area contributed by atoms with Crippen LogP contribution in [-0.4, -0.2) is 23.9 Å². The van der Waals surface area contributed by atoms with E-state index in [4.69, 9.17) is 15.2 Å². The van der Waals surface area contributed by atoms with E-state index in [1.54, 1.807) is 0 Å². The van der Waals surface area contributed by atoms with Crippen LogP contribution in [0.1, 0.15) is 18.4 Å². The van der Waals surface area contributed by atoms with Crippen molar-refractivity contribution in [3.8, 4) is 17.2 Å². The number of hydrogen-bond acceptors (Lipinski definition) is 4. The zero-order chi connectivity index (χ0) is 11.2. The summed E-state index contributed by atoms with van der Waals surface area (Å²) in [6.07, 6.45) is 2.76. The van der Waals surface area contributed by atoms with Gasteiger partial charge in [-0.1, -0.05) is 6.07 Å². The predicted octanol–water partition coefficient (Wildman–Crippen LogP) is 1.20. The first-order valence-electron chi connectivity index (χ1n) is 5.57. The lowest BCUT2D eigenvalue weighted by atomic mass is 10.0. The first-order chi connectivity index (χ1) is 7.68. The molecule has 0 amide bonds. The molecule has 0 saturated heterocycles.